The standard InChI is InChI=1S/C17H22N2/c1-11-8-9-13(3)16(10-11)17(19-18)15-7-5-6-12(2)14(15)4/h5-10,17,19H,18H2,1-4H3. The van der Waals surface area contributed by atoms with Crippen molar-refractivity contribution in [2.75, 3.05) is 0 Å². The zero-order valence-electron chi connectivity index (χ0n) is 12.1. The van der Waals surface area contributed by atoms with Crippen molar-refractivity contribution in [2.24, 2.45) is 5.84 Å². The molecule has 2 aromatic rings. The Kier molecular flexibility index (Phi) is 4.03. The van der Waals surface area contributed by atoms with Crippen LogP contribution in [0.4, 0.5) is 0 Å². The molecule has 1 unspecified atom stereocenters. The average Bonchev–Trinajstić information content (AvgIpc) is 2.39. The predicted molar refractivity (Wildman–Crippen MR) is 81.0 cm³/mol. The molecule has 0 aliphatic carbocycles. The molecule has 0 saturated carbocycles. The first-order valence-corrected chi connectivity index (χ1v) is 6.64. The summed E-state index contributed by atoms with van der Waals surface area (Å²) in [7, 11) is 0. The molecule has 19 heavy (non-hydrogen) atoms. The van der Waals surface area contributed by atoms with Gasteiger partial charge >= 0.3 is 0 Å². The Bertz CT molecular complexity index is 586. The van der Waals surface area contributed by atoms with E-state index < -0.39 is 0 Å². The monoisotopic (exact) mass is 254 g/mol. The fourth-order valence-corrected chi connectivity index (χ4v) is 2.50. The van der Waals surface area contributed by atoms with Crippen LogP contribution < -0.4 is 11.3 Å². The van der Waals surface area contributed by atoms with Gasteiger partial charge in [-0.15, -0.1) is 0 Å². The van der Waals surface area contributed by atoms with E-state index in [1.54, 1.807) is 0 Å². The van der Waals surface area contributed by atoms with E-state index in [0.717, 1.165) is 0 Å². The summed E-state index contributed by atoms with van der Waals surface area (Å²) in [5.74, 6) is 5.82. The SMILES string of the molecule is Cc1ccc(C)c(C(NN)c2cccc(C)c2C)c1. The third-order valence-corrected chi connectivity index (χ3v) is 3.87. The van der Waals surface area contributed by atoms with Gasteiger partial charge in [0.25, 0.3) is 0 Å². The van der Waals surface area contributed by atoms with Crippen molar-refractivity contribution in [2.45, 2.75) is 33.7 Å². The summed E-state index contributed by atoms with van der Waals surface area (Å²) in [6.45, 7) is 8.53. The minimum Gasteiger partial charge on any atom is -0.271 e. The molecule has 0 amide bonds. The highest BCUT2D eigenvalue weighted by Crippen LogP contribution is 2.28. The maximum atomic E-state index is 5.82. The molecule has 0 aromatic heterocycles. The molecule has 2 nitrogen and oxygen atoms in total. The van der Waals surface area contributed by atoms with Gasteiger partial charge in [0.05, 0.1) is 6.04 Å². The zero-order chi connectivity index (χ0) is 14.0. The number of hydrogen-bond donors (Lipinski definition) is 2. The number of nitrogens with one attached hydrogen (secondary N) is 1. The van der Waals surface area contributed by atoms with Gasteiger partial charge in [-0.1, -0.05) is 42.0 Å². The van der Waals surface area contributed by atoms with Crippen molar-refractivity contribution in [3.63, 3.8) is 0 Å². The Morgan fingerprint density at radius 2 is 1.63 bits per heavy atom. The van der Waals surface area contributed by atoms with Crippen LogP contribution in [0.15, 0.2) is 36.4 Å². The maximum Gasteiger partial charge on any atom is 0.0715 e. The number of hydrazine groups is 1. The molecule has 0 spiro atoms. The summed E-state index contributed by atoms with van der Waals surface area (Å²) in [6.07, 6.45) is 0. The lowest BCUT2D eigenvalue weighted by Crippen LogP contribution is -2.30. The fraction of sp³-hybridized carbons (Fsp3) is 0.294. The fourth-order valence-electron chi connectivity index (χ4n) is 2.50. The van der Waals surface area contributed by atoms with E-state index in [1.807, 2.05) is 0 Å². The quantitative estimate of drug-likeness (QED) is 0.650. The van der Waals surface area contributed by atoms with Crippen LogP contribution in [0, 0.1) is 27.7 Å². The van der Waals surface area contributed by atoms with Crippen molar-refractivity contribution in [3.05, 3.63) is 69.8 Å². The molecule has 1 atom stereocenters. The van der Waals surface area contributed by atoms with Gasteiger partial charge < -0.3 is 0 Å². The second-order valence-electron chi connectivity index (χ2n) is 5.25. The maximum absolute atomic E-state index is 5.82. The van der Waals surface area contributed by atoms with Crippen molar-refractivity contribution in [1.29, 1.82) is 0 Å². The van der Waals surface area contributed by atoms with Gasteiger partial charge in [0.2, 0.25) is 0 Å². The van der Waals surface area contributed by atoms with E-state index in [0.29, 0.717) is 0 Å². The molecule has 0 radical (unpaired) electrons. The van der Waals surface area contributed by atoms with Gasteiger partial charge in [-0.3, -0.25) is 5.84 Å². The van der Waals surface area contributed by atoms with E-state index in [2.05, 4.69) is 69.5 Å². The molecule has 2 heteroatoms. The third kappa shape index (κ3) is 2.70. The number of hydrogen-bond acceptors (Lipinski definition) is 2. The molecule has 0 aliphatic rings. The highest BCUT2D eigenvalue weighted by molar-refractivity contribution is 5.43. The highest BCUT2D eigenvalue weighted by Gasteiger charge is 2.17. The summed E-state index contributed by atoms with van der Waals surface area (Å²) in [4.78, 5) is 0. The Hall–Kier alpha value is -1.64. The van der Waals surface area contributed by atoms with Crippen LogP contribution in [0.2, 0.25) is 0 Å². The molecular weight excluding hydrogens is 232 g/mol. The molecule has 0 bridgehead atoms. The average molecular weight is 254 g/mol. The van der Waals surface area contributed by atoms with Crippen LogP contribution in [0.25, 0.3) is 0 Å². The normalized spacial score (nSPS) is 12.5. The summed E-state index contributed by atoms with van der Waals surface area (Å²) < 4.78 is 0. The molecule has 100 valence electrons. The molecule has 3 N–H and O–H groups in total. The molecule has 0 saturated heterocycles. The van der Waals surface area contributed by atoms with Crippen molar-refractivity contribution in [3.8, 4) is 0 Å². The Labute approximate surface area is 115 Å². The van der Waals surface area contributed by atoms with E-state index in [-0.39, 0.29) is 6.04 Å². The van der Waals surface area contributed by atoms with Crippen molar-refractivity contribution in [1.82, 2.24) is 5.43 Å². The van der Waals surface area contributed by atoms with Gasteiger partial charge in [-0.2, -0.15) is 0 Å². The van der Waals surface area contributed by atoms with Gasteiger partial charge in [-0.25, -0.2) is 5.43 Å². The summed E-state index contributed by atoms with van der Waals surface area (Å²) in [6, 6.07) is 12.9. The van der Waals surface area contributed by atoms with Crippen molar-refractivity contribution >= 4 is 0 Å². The van der Waals surface area contributed by atoms with Gasteiger partial charge in [0.15, 0.2) is 0 Å². The summed E-state index contributed by atoms with van der Waals surface area (Å²) in [5.41, 5.74) is 10.6. The van der Waals surface area contributed by atoms with Gasteiger partial charge in [0, 0.05) is 0 Å². The molecule has 0 fully saturated rings. The van der Waals surface area contributed by atoms with E-state index >= 15 is 0 Å². The molecule has 2 rings (SSSR count). The first kappa shape index (κ1) is 13.8. The second kappa shape index (κ2) is 5.55. The van der Waals surface area contributed by atoms with Crippen LogP contribution in [-0.4, -0.2) is 0 Å². The Balaban J connectivity index is 2.56. The second-order valence-corrected chi connectivity index (χ2v) is 5.25. The lowest BCUT2D eigenvalue weighted by Gasteiger charge is -2.22. The first-order chi connectivity index (χ1) is 9.04. The lowest BCUT2D eigenvalue weighted by molar-refractivity contribution is 0.629. The highest BCUT2D eigenvalue weighted by atomic mass is 15.2. The largest absolute Gasteiger partial charge is 0.271 e. The topological polar surface area (TPSA) is 38.0 Å². The zero-order valence-corrected chi connectivity index (χ0v) is 12.1. The third-order valence-electron chi connectivity index (χ3n) is 3.87. The van der Waals surface area contributed by atoms with Crippen LogP contribution in [0.5, 0.6) is 0 Å². The number of nitrogens with two attached hydrogens (primary N) is 1. The van der Waals surface area contributed by atoms with E-state index in [4.69, 9.17) is 5.84 Å². The molecule has 0 heterocycles. The molecular formula is C17H22N2. The van der Waals surface area contributed by atoms with E-state index in [1.165, 1.54) is 33.4 Å². The van der Waals surface area contributed by atoms with Crippen LogP contribution in [-0.2, 0) is 0 Å². The van der Waals surface area contributed by atoms with Crippen LogP contribution in [0.3, 0.4) is 0 Å². The van der Waals surface area contributed by atoms with Crippen LogP contribution >= 0.6 is 0 Å². The Morgan fingerprint density at radius 1 is 0.895 bits per heavy atom. The van der Waals surface area contributed by atoms with Crippen LogP contribution in [0.1, 0.15) is 39.4 Å². The van der Waals surface area contributed by atoms with E-state index in [9.17, 15) is 0 Å². The molecule has 2 aromatic carbocycles. The smallest absolute Gasteiger partial charge is 0.0715 e. The minimum absolute atomic E-state index is 0.0415. The number of aryl methyl sites for hydroxylation is 3. The number of benzene rings is 2. The molecule has 0 aliphatic heterocycles. The van der Waals surface area contributed by atoms with Gasteiger partial charge in [0.1, 0.15) is 0 Å². The van der Waals surface area contributed by atoms with Crippen molar-refractivity contribution < 1.29 is 0 Å². The predicted octanol–water partition coefficient (Wildman–Crippen LogP) is 3.47. The lowest BCUT2D eigenvalue weighted by atomic mass is 9.90. The number of rotatable bonds is 3. The Morgan fingerprint density at radius 3 is 2.32 bits per heavy atom. The first-order valence-electron chi connectivity index (χ1n) is 6.64. The minimum atomic E-state index is 0.0415. The summed E-state index contributed by atoms with van der Waals surface area (Å²) >= 11 is 0. The van der Waals surface area contributed by atoms with Gasteiger partial charge in [-0.05, 0) is 55.5 Å². The summed E-state index contributed by atoms with van der Waals surface area (Å²) in [5, 5.41) is 0.